The number of nitrogens with one attached hydrogen (secondary N) is 1. The van der Waals surface area contributed by atoms with Crippen molar-refractivity contribution in [2.45, 2.75) is 36.7 Å². The highest BCUT2D eigenvalue weighted by atomic mass is 16.6. The summed E-state index contributed by atoms with van der Waals surface area (Å²) in [5.41, 5.74) is 0.956. The highest BCUT2D eigenvalue weighted by Gasteiger charge is 2.49. The topological polar surface area (TPSA) is 117 Å². The van der Waals surface area contributed by atoms with Crippen molar-refractivity contribution in [2.24, 2.45) is 0 Å². The average molecular weight is 337 g/mol. The van der Waals surface area contributed by atoms with Gasteiger partial charge in [-0.05, 0) is 18.1 Å². The van der Waals surface area contributed by atoms with E-state index in [2.05, 4.69) is 5.32 Å². The van der Waals surface area contributed by atoms with Gasteiger partial charge in [-0.15, -0.1) is 0 Å². The van der Waals surface area contributed by atoms with Crippen LogP contribution in [-0.4, -0.2) is 65.9 Å². The molecule has 1 aliphatic carbocycles. The zero-order valence-corrected chi connectivity index (χ0v) is 13.1. The first kappa shape index (κ1) is 15.5. The molecule has 1 aromatic rings. The minimum Gasteiger partial charge on any atom is -0.493 e. The Morgan fingerprint density at radius 1 is 1.17 bits per heavy atom. The van der Waals surface area contributed by atoms with Crippen LogP contribution >= 0.6 is 0 Å². The maximum Gasteiger partial charge on any atom is 0.255 e. The molecule has 4 rings (SSSR count). The molecule has 2 aliphatic heterocycles. The first-order valence-electron chi connectivity index (χ1n) is 7.88. The molecular weight excluding hydrogens is 318 g/mol. The lowest BCUT2D eigenvalue weighted by Crippen LogP contribution is -2.61. The van der Waals surface area contributed by atoms with E-state index in [0.717, 1.165) is 0 Å². The largest absolute Gasteiger partial charge is 0.493 e. The van der Waals surface area contributed by atoms with Crippen LogP contribution in [0.25, 0.3) is 0 Å². The number of methoxy groups -OCH3 is 1. The fraction of sp³-hybridized carbons (Fsp3) is 0.562. The normalized spacial score (nSPS) is 34.0. The van der Waals surface area contributed by atoms with Crippen molar-refractivity contribution in [1.29, 1.82) is 0 Å². The summed E-state index contributed by atoms with van der Waals surface area (Å²) >= 11 is 0. The van der Waals surface area contributed by atoms with Crippen molar-refractivity contribution < 1.29 is 34.3 Å². The molecule has 1 fully saturated rings. The van der Waals surface area contributed by atoms with Crippen LogP contribution in [-0.2, 0) is 0 Å². The molecule has 24 heavy (non-hydrogen) atoms. The van der Waals surface area contributed by atoms with Gasteiger partial charge in [-0.3, -0.25) is 4.79 Å². The number of hydrogen-bond acceptors (Lipinski definition) is 7. The van der Waals surface area contributed by atoms with E-state index in [0.29, 0.717) is 41.6 Å². The number of fused-ring (bicyclic) bond motifs is 5. The fourth-order valence-corrected chi connectivity index (χ4v) is 3.83. The maximum atomic E-state index is 12.6. The van der Waals surface area contributed by atoms with Crippen molar-refractivity contribution in [3.63, 3.8) is 0 Å². The third kappa shape index (κ3) is 2.07. The molecule has 4 N–H and O–H groups in total. The van der Waals surface area contributed by atoms with Crippen LogP contribution < -0.4 is 19.5 Å². The zero-order chi connectivity index (χ0) is 17.0. The van der Waals surface area contributed by atoms with Crippen LogP contribution in [0.3, 0.4) is 0 Å². The third-order valence-corrected chi connectivity index (χ3v) is 4.99. The fourth-order valence-electron chi connectivity index (χ4n) is 3.83. The summed E-state index contributed by atoms with van der Waals surface area (Å²) in [6.07, 6.45) is -3.43. The summed E-state index contributed by atoms with van der Waals surface area (Å²) in [5.74, 6) is 0.371. The smallest absolute Gasteiger partial charge is 0.255 e. The number of aliphatic hydroxyl groups is 3. The van der Waals surface area contributed by atoms with Crippen molar-refractivity contribution in [2.75, 3.05) is 20.3 Å². The lowest BCUT2D eigenvalue weighted by molar-refractivity contribution is -0.104. The van der Waals surface area contributed by atoms with Crippen LogP contribution in [0.4, 0.5) is 0 Å². The lowest BCUT2D eigenvalue weighted by atomic mass is 9.72. The molecule has 8 heteroatoms. The predicted molar refractivity (Wildman–Crippen MR) is 80.6 cm³/mol. The molecule has 0 radical (unpaired) electrons. The Hall–Kier alpha value is -2.03. The van der Waals surface area contributed by atoms with Gasteiger partial charge in [0.05, 0.1) is 24.8 Å². The number of rotatable bonds is 1. The molecule has 0 aromatic heterocycles. The van der Waals surface area contributed by atoms with Gasteiger partial charge in [-0.2, -0.15) is 0 Å². The van der Waals surface area contributed by atoms with Gasteiger partial charge in [0, 0.05) is 5.92 Å². The molecule has 3 aliphatic rings. The molecule has 1 saturated carbocycles. The van der Waals surface area contributed by atoms with Gasteiger partial charge in [0.25, 0.3) is 5.91 Å². The van der Waals surface area contributed by atoms with Crippen molar-refractivity contribution in [3.8, 4) is 17.2 Å². The summed E-state index contributed by atoms with van der Waals surface area (Å²) < 4.78 is 16.6. The molecule has 0 spiro atoms. The molecule has 5 atom stereocenters. The van der Waals surface area contributed by atoms with E-state index in [1.54, 1.807) is 6.07 Å². The van der Waals surface area contributed by atoms with E-state index in [1.807, 2.05) is 0 Å². The van der Waals surface area contributed by atoms with Crippen LogP contribution in [0.2, 0.25) is 0 Å². The van der Waals surface area contributed by atoms with E-state index in [1.165, 1.54) is 7.11 Å². The molecule has 1 amide bonds. The van der Waals surface area contributed by atoms with Crippen LogP contribution in [0.5, 0.6) is 17.2 Å². The second kappa shape index (κ2) is 5.51. The number of ether oxygens (including phenoxy) is 3. The summed E-state index contributed by atoms with van der Waals surface area (Å²) in [6.45, 7) is 0.678. The maximum absolute atomic E-state index is 12.6. The van der Waals surface area contributed by atoms with Crippen LogP contribution in [0.15, 0.2) is 6.07 Å². The Kier molecular flexibility index (Phi) is 3.56. The van der Waals surface area contributed by atoms with Gasteiger partial charge in [0.2, 0.25) is 5.75 Å². The number of hydrogen-bond donors (Lipinski definition) is 4. The quantitative estimate of drug-likeness (QED) is 0.527. The van der Waals surface area contributed by atoms with E-state index in [-0.39, 0.29) is 12.3 Å². The lowest BCUT2D eigenvalue weighted by Gasteiger charge is -2.45. The summed E-state index contributed by atoms with van der Waals surface area (Å²) in [7, 11) is 1.49. The van der Waals surface area contributed by atoms with Gasteiger partial charge in [0.15, 0.2) is 11.5 Å². The molecule has 2 heterocycles. The molecule has 130 valence electrons. The minimum absolute atomic E-state index is 0.207. The van der Waals surface area contributed by atoms with E-state index in [4.69, 9.17) is 14.2 Å². The first-order chi connectivity index (χ1) is 11.5. The Bertz CT molecular complexity index is 691. The molecule has 0 bridgehead atoms. The Morgan fingerprint density at radius 3 is 2.58 bits per heavy atom. The number of carbonyl (C=O) groups excluding carboxylic acids is 1. The minimum atomic E-state index is -1.30. The second-order valence-corrected chi connectivity index (χ2v) is 6.29. The zero-order valence-electron chi connectivity index (χ0n) is 13.1. The molecule has 8 nitrogen and oxygen atoms in total. The van der Waals surface area contributed by atoms with E-state index < -0.39 is 30.3 Å². The number of amides is 1. The van der Waals surface area contributed by atoms with Gasteiger partial charge < -0.3 is 34.8 Å². The van der Waals surface area contributed by atoms with Crippen LogP contribution in [0, 0.1) is 0 Å². The molecule has 1 aromatic carbocycles. The van der Waals surface area contributed by atoms with Gasteiger partial charge in [0.1, 0.15) is 25.4 Å². The standard InChI is InChI=1S/C16H19NO7/c1-22-9-5-6-7-4-8(18)12(19)13(20)11(7)17-16(21)10(6)15-14(9)23-2-3-24-15/h5,7-8,11-13,18-20H,2-4H2,1H3,(H,17,21). The van der Waals surface area contributed by atoms with E-state index >= 15 is 0 Å². The summed E-state index contributed by atoms with van der Waals surface area (Å²) in [5, 5.41) is 32.9. The van der Waals surface area contributed by atoms with Crippen LogP contribution in [0.1, 0.15) is 28.3 Å². The average Bonchev–Trinajstić information content (AvgIpc) is 2.60. The Morgan fingerprint density at radius 2 is 1.88 bits per heavy atom. The Labute approximate surface area is 137 Å². The SMILES string of the molecule is COc1cc2c(c3c1OCCO3)C(=O)NC1C2CC(O)C(O)C1O. The molecule has 0 saturated heterocycles. The van der Waals surface area contributed by atoms with Crippen molar-refractivity contribution in [1.82, 2.24) is 5.32 Å². The highest BCUT2D eigenvalue weighted by Crippen LogP contribution is 2.49. The molecule has 5 unspecified atom stereocenters. The van der Waals surface area contributed by atoms with Crippen molar-refractivity contribution in [3.05, 3.63) is 17.2 Å². The van der Waals surface area contributed by atoms with Gasteiger partial charge >= 0.3 is 0 Å². The number of carbonyl (C=O) groups is 1. The van der Waals surface area contributed by atoms with Gasteiger partial charge in [-0.25, -0.2) is 0 Å². The monoisotopic (exact) mass is 337 g/mol. The van der Waals surface area contributed by atoms with Gasteiger partial charge in [-0.1, -0.05) is 0 Å². The Balaban J connectivity index is 1.88. The van der Waals surface area contributed by atoms with E-state index in [9.17, 15) is 20.1 Å². The third-order valence-electron chi connectivity index (χ3n) is 4.99. The molecular formula is C16H19NO7. The number of aliphatic hydroxyl groups excluding tert-OH is 3. The number of benzene rings is 1. The van der Waals surface area contributed by atoms with Crippen molar-refractivity contribution >= 4 is 5.91 Å². The predicted octanol–water partition coefficient (Wildman–Crippen LogP) is -0.852. The first-order valence-corrected chi connectivity index (χ1v) is 7.88. The summed E-state index contributed by atoms with van der Waals surface area (Å²) in [4.78, 5) is 12.6. The highest BCUT2D eigenvalue weighted by molar-refractivity contribution is 6.01. The summed E-state index contributed by atoms with van der Waals surface area (Å²) in [6, 6.07) is 1.01. The second-order valence-electron chi connectivity index (χ2n) is 6.29.